The molecule has 0 aliphatic carbocycles. The minimum Gasteiger partial charge on any atom is -0.351 e. The highest BCUT2D eigenvalue weighted by Crippen LogP contribution is 2.06. The van der Waals surface area contributed by atoms with E-state index in [2.05, 4.69) is 20.9 Å². The molecule has 2 heterocycles. The van der Waals surface area contributed by atoms with E-state index in [1.807, 2.05) is 10.9 Å². The number of carbonyl (C=O) groups excluding carboxylic acids is 1. The number of rotatable bonds is 4. The lowest BCUT2D eigenvalue weighted by molar-refractivity contribution is -0.119. The Balaban J connectivity index is 1.84. The molecule has 2 rings (SSSR count). The van der Waals surface area contributed by atoms with Crippen molar-refractivity contribution in [2.45, 2.75) is 38.9 Å². The molecule has 0 radical (unpaired) electrons. The Kier molecular flexibility index (Phi) is 3.51. The van der Waals surface area contributed by atoms with Gasteiger partial charge in [-0.15, -0.1) is 5.10 Å². The van der Waals surface area contributed by atoms with Gasteiger partial charge in [0.1, 0.15) is 5.69 Å². The van der Waals surface area contributed by atoms with E-state index >= 15 is 0 Å². The van der Waals surface area contributed by atoms with E-state index in [1.165, 1.54) is 19.8 Å². The molecule has 1 aromatic heterocycles. The number of hydrogen-bond donors (Lipinski definition) is 2. The highest BCUT2D eigenvalue weighted by atomic mass is 16.1. The quantitative estimate of drug-likeness (QED) is 0.733. The smallest absolute Gasteiger partial charge is 0.217 e. The predicted octanol–water partition coefficient (Wildman–Crippen LogP) is -0.334. The lowest BCUT2D eigenvalue weighted by Crippen LogP contribution is -2.26. The second-order valence-corrected chi connectivity index (χ2v) is 4.13. The molecule has 1 atom stereocenters. The molecule has 1 unspecified atom stereocenters. The van der Waals surface area contributed by atoms with Gasteiger partial charge in [0.25, 0.3) is 0 Å². The summed E-state index contributed by atoms with van der Waals surface area (Å²) in [6.45, 7) is 3.89. The summed E-state index contributed by atoms with van der Waals surface area (Å²) in [4.78, 5) is 10.7. The van der Waals surface area contributed by atoms with E-state index in [9.17, 15) is 4.79 Å². The van der Waals surface area contributed by atoms with Gasteiger partial charge in [0.05, 0.1) is 19.3 Å². The standard InChI is InChI=1S/C10H17N5O/c1-8(16)12-5-10-7-15(14-13-10)6-9-3-2-4-11-9/h7,9,11H,2-6H2,1H3,(H,12,16). The topological polar surface area (TPSA) is 71.8 Å². The van der Waals surface area contributed by atoms with E-state index in [4.69, 9.17) is 0 Å². The van der Waals surface area contributed by atoms with E-state index < -0.39 is 0 Å². The van der Waals surface area contributed by atoms with Crippen molar-refractivity contribution in [3.63, 3.8) is 0 Å². The fourth-order valence-electron chi connectivity index (χ4n) is 1.86. The highest BCUT2D eigenvalue weighted by molar-refractivity contribution is 5.72. The summed E-state index contributed by atoms with van der Waals surface area (Å²) >= 11 is 0. The lowest BCUT2D eigenvalue weighted by Gasteiger charge is -2.08. The average molecular weight is 223 g/mol. The van der Waals surface area contributed by atoms with Crippen LogP contribution in [0.25, 0.3) is 0 Å². The van der Waals surface area contributed by atoms with Crippen LogP contribution in [0.4, 0.5) is 0 Å². The average Bonchev–Trinajstić information content (AvgIpc) is 2.87. The maximum atomic E-state index is 10.7. The molecule has 1 aliphatic rings. The molecule has 1 amide bonds. The minimum atomic E-state index is -0.0491. The van der Waals surface area contributed by atoms with Crippen molar-refractivity contribution in [2.75, 3.05) is 6.54 Å². The molecule has 2 N–H and O–H groups in total. The number of aromatic nitrogens is 3. The van der Waals surface area contributed by atoms with Crippen LogP contribution in [0.15, 0.2) is 6.20 Å². The second-order valence-electron chi connectivity index (χ2n) is 4.13. The van der Waals surface area contributed by atoms with Crippen molar-refractivity contribution in [3.8, 4) is 0 Å². The summed E-state index contributed by atoms with van der Waals surface area (Å²) in [6.07, 6.45) is 4.31. The van der Waals surface area contributed by atoms with E-state index in [0.717, 1.165) is 18.8 Å². The molecule has 1 saturated heterocycles. The monoisotopic (exact) mass is 223 g/mol. The van der Waals surface area contributed by atoms with Crippen molar-refractivity contribution in [1.82, 2.24) is 25.6 Å². The molecule has 6 nitrogen and oxygen atoms in total. The Labute approximate surface area is 94.4 Å². The van der Waals surface area contributed by atoms with Crippen molar-refractivity contribution in [3.05, 3.63) is 11.9 Å². The first-order chi connectivity index (χ1) is 7.74. The van der Waals surface area contributed by atoms with Gasteiger partial charge in [0, 0.05) is 13.0 Å². The minimum absolute atomic E-state index is 0.0491. The van der Waals surface area contributed by atoms with Gasteiger partial charge < -0.3 is 10.6 Å². The molecule has 1 aromatic rings. The summed E-state index contributed by atoms with van der Waals surface area (Å²) in [5, 5.41) is 14.1. The van der Waals surface area contributed by atoms with Crippen LogP contribution in [-0.2, 0) is 17.9 Å². The van der Waals surface area contributed by atoms with Gasteiger partial charge in [-0.1, -0.05) is 5.21 Å². The van der Waals surface area contributed by atoms with E-state index in [0.29, 0.717) is 12.6 Å². The Bertz CT molecular complexity index is 356. The molecule has 16 heavy (non-hydrogen) atoms. The Morgan fingerprint density at radius 1 is 1.75 bits per heavy atom. The van der Waals surface area contributed by atoms with Crippen LogP contribution in [0, 0.1) is 0 Å². The maximum absolute atomic E-state index is 10.7. The molecule has 1 fully saturated rings. The summed E-state index contributed by atoms with van der Waals surface area (Å²) in [5.41, 5.74) is 0.799. The van der Waals surface area contributed by atoms with Crippen LogP contribution >= 0.6 is 0 Å². The normalized spacial score (nSPS) is 19.9. The van der Waals surface area contributed by atoms with Gasteiger partial charge in [0.2, 0.25) is 5.91 Å². The molecule has 6 heteroatoms. The number of carbonyl (C=O) groups is 1. The Morgan fingerprint density at radius 3 is 3.31 bits per heavy atom. The summed E-state index contributed by atoms with van der Waals surface area (Å²) < 4.78 is 1.83. The zero-order valence-corrected chi connectivity index (χ0v) is 9.44. The highest BCUT2D eigenvalue weighted by Gasteiger charge is 2.15. The first-order valence-electron chi connectivity index (χ1n) is 5.61. The van der Waals surface area contributed by atoms with E-state index in [1.54, 1.807) is 0 Å². The maximum Gasteiger partial charge on any atom is 0.217 e. The van der Waals surface area contributed by atoms with Crippen LogP contribution in [0.2, 0.25) is 0 Å². The third-order valence-corrected chi connectivity index (χ3v) is 2.67. The van der Waals surface area contributed by atoms with E-state index in [-0.39, 0.29) is 5.91 Å². The third kappa shape index (κ3) is 3.03. The zero-order chi connectivity index (χ0) is 11.4. The molecular weight excluding hydrogens is 206 g/mol. The third-order valence-electron chi connectivity index (χ3n) is 2.67. The van der Waals surface area contributed by atoms with Crippen molar-refractivity contribution in [1.29, 1.82) is 0 Å². The number of hydrogen-bond acceptors (Lipinski definition) is 4. The van der Waals surface area contributed by atoms with Crippen molar-refractivity contribution < 1.29 is 4.79 Å². The first kappa shape index (κ1) is 11.1. The summed E-state index contributed by atoms with van der Waals surface area (Å²) in [6, 6.07) is 0.510. The van der Waals surface area contributed by atoms with Crippen molar-refractivity contribution >= 4 is 5.91 Å². The molecule has 0 saturated carbocycles. The fourth-order valence-corrected chi connectivity index (χ4v) is 1.86. The SMILES string of the molecule is CC(=O)NCc1cn(CC2CCCN2)nn1. The molecule has 0 spiro atoms. The molecule has 0 aromatic carbocycles. The molecule has 0 bridgehead atoms. The fraction of sp³-hybridized carbons (Fsp3) is 0.700. The Morgan fingerprint density at radius 2 is 2.62 bits per heavy atom. The number of amides is 1. The largest absolute Gasteiger partial charge is 0.351 e. The molecule has 88 valence electrons. The van der Waals surface area contributed by atoms with Gasteiger partial charge in [-0.2, -0.15) is 0 Å². The first-order valence-corrected chi connectivity index (χ1v) is 5.61. The van der Waals surface area contributed by atoms with Gasteiger partial charge in [0.15, 0.2) is 0 Å². The predicted molar refractivity (Wildman–Crippen MR) is 58.6 cm³/mol. The number of nitrogens with zero attached hydrogens (tertiary/aromatic N) is 3. The molecule has 1 aliphatic heterocycles. The zero-order valence-electron chi connectivity index (χ0n) is 9.44. The summed E-state index contributed by atoms with van der Waals surface area (Å²) in [5.74, 6) is -0.0491. The van der Waals surface area contributed by atoms with Crippen molar-refractivity contribution in [2.24, 2.45) is 0 Å². The number of nitrogens with one attached hydrogen (secondary N) is 2. The second kappa shape index (κ2) is 5.07. The summed E-state index contributed by atoms with van der Waals surface area (Å²) in [7, 11) is 0. The van der Waals surface area contributed by atoms with Crippen LogP contribution in [0.5, 0.6) is 0 Å². The van der Waals surface area contributed by atoms with Gasteiger partial charge in [-0.05, 0) is 19.4 Å². The Hall–Kier alpha value is -1.43. The van der Waals surface area contributed by atoms with Crippen LogP contribution in [0.1, 0.15) is 25.5 Å². The van der Waals surface area contributed by atoms with Crippen LogP contribution in [0.3, 0.4) is 0 Å². The van der Waals surface area contributed by atoms with Crippen LogP contribution < -0.4 is 10.6 Å². The lowest BCUT2D eigenvalue weighted by atomic mass is 10.2. The van der Waals surface area contributed by atoms with Gasteiger partial charge in [-0.3, -0.25) is 9.48 Å². The molecular formula is C10H17N5O. The van der Waals surface area contributed by atoms with Crippen LogP contribution in [-0.4, -0.2) is 33.5 Å². The van der Waals surface area contributed by atoms with Gasteiger partial charge in [-0.25, -0.2) is 0 Å². The van der Waals surface area contributed by atoms with Gasteiger partial charge >= 0.3 is 0 Å².